The average Bonchev–Trinajstić information content (AvgIpc) is 2.42. The van der Waals surface area contributed by atoms with Crippen LogP contribution in [0.4, 0.5) is 0 Å². The summed E-state index contributed by atoms with van der Waals surface area (Å²) in [7, 11) is 0. The molecule has 1 aliphatic rings. The highest BCUT2D eigenvalue weighted by atomic mass is 16.5. The molecule has 0 aromatic heterocycles. The van der Waals surface area contributed by atoms with Crippen LogP contribution in [0.3, 0.4) is 0 Å². The zero-order valence-corrected chi connectivity index (χ0v) is 10.3. The van der Waals surface area contributed by atoms with Gasteiger partial charge in [0.15, 0.2) is 0 Å². The number of ether oxygens (including phenoxy) is 2. The van der Waals surface area contributed by atoms with Gasteiger partial charge in [0.05, 0.1) is 25.0 Å². The second-order valence-corrected chi connectivity index (χ2v) is 4.28. The lowest BCUT2D eigenvalue weighted by molar-refractivity contribution is -0.163. The fraction of sp³-hybridized carbons (Fsp3) is 0.833. The Balaban J connectivity index is 2.55. The van der Waals surface area contributed by atoms with Crippen molar-refractivity contribution in [3.8, 4) is 0 Å². The van der Waals surface area contributed by atoms with Crippen molar-refractivity contribution in [3.63, 3.8) is 0 Å². The second kappa shape index (κ2) is 8.05. The smallest absolute Gasteiger partial charge is 0.309 e. The van der Waals surface area contributed by atoms with Crippen LogP contribution in [0.5, 0.6) is 0 Å². The third kappa shape index (κ3) is 4.27. The number of hydrogen-bond donors (Lipinski definition) is 2. The quantitative estimate of drug-likeness (QED) is 0.646. The van der Waals surface area contributed by atoms with E-state index in [-0.39, 0.29) is 26.4 Å². The Bertz CT molecular complexity index is 250. The number of aliphatic hydroxyl groups excluding tert-OH is 2. The van der Waals surface area contributed by atoms with Gasteiger partial charge in [0, 0.05) is 0 Å². The first-order valence-electron chi connectivity index (χ1n) is 6.25. The van der Waals surface area contributed by atoms with Crippen molar-refractivity contribution in [1.82, 2.24) is 0 Å². The van der Waals surface area contributed by atoms with Crippen molar-refractivity contribution in [2.75, 3.05) is 26.4 Å². The maximum absolute atomic E-state index is 11.8. The molecule has 2 unspecified atom stereocenters. The predicted molar refractivity (Wildman–Crippen MR) is 61.5 cm³/mol. The summed E-state index contributed by atoms with van der Waals surface area (Å²) in [6.07, 6.45) is 2.96. The number of carbonyl (C=O) groups is 2. The van der Waals surface area contributed by atoms with Crippen molar-refractivity contribution in [2.24, 2.45) is 11.8 Å². The van der Waals surface area contributed by atoms with Crippen LogP contribution in [0.15, 0.2) is 0 Å². The summed E-state index contributed by atoms with van der Waals surface area (Å²) in [5.74, 6) is -1.88. The van der Waals surface area contributed by atoms with E-state index < -0.39 is 23.8 Å². The molecule has 6 heteroatoms. The largest absolute Gasteiger partial charge is 0.463 e. The lowest BCUT2D eigenvalue weighted by Gasteiger charge is -2.28. The highest BCUT2D eigenvalue weighted by Gasteiger charge is 2.37. The van der Waals surface area contributed by atoms with Gasteiger partial charge >= 0.3 is 11.9 Å². The Morgan fingerprint density at radius 1 is 0.889 bits per heavy atom. The van der Waals surface area contributed by atoms with E-state index in [2.05, 4.69) is 0 Å². The Kier molecular flexibility index (Phi) is 6.67. The van der Waals surface area contributed by atoms with Gasteiger partial charge in [-0.05, 0) is 12.8 Å². The van der Waals surface area contributed by atoms with Crippen molar-refractivity contribution in [2.45, 2.75) is 25.7 Å². The topological polar surface area (TPSA) is 93.1 Å². The van der Waals surface area contributed by atoms with E-state index in [1.165, 1.54) is 0 Å². The molecular weight excluding hydrogens is 240 g/mol. The van der Waals surface area contributed by atoms with Crippen LogP contribution in [-0.2, 0) is 19.1 Å². The third-order valence-electron chi connectivity index (χ3n) is 3.04. The van der Waals surface area contributed by atoms with E-state index in [1.54, 1.807) is 0 Å². The van der Waals surface area contributed by atoms with E-state index in [4.69, 9.17) is 19.7 Å². The molecular formula is C12H20O6. The van der Waals surface area contributed by atoms with E-state index in [9.17, 15) is 9.59 Å². The zero-order chi connectivity index (χ0) is 13.4. The molecule has 0 bridgehead atoms. The minimum Gasteiger partial charge on any atom is -0.463 e. The van der Waals surface area contributed by atoms with Gasteiger partial charge in [0.25, 0.3) is 0 Å². The molecule has 0 aromatic carbocycles. The lowest BCUT2D eigenvalue weighted by atomic mass is 9.79. The summed E-state index contributed by atoms with van der Waals surface area (Å²) in [4.78, 5) is 23.5. The molecule has 18 heavy (non-hydrogen) atoms. The minimum absolute atomic E-state index is 0.0479. The molecule has 0 aromatic rings. The maximum atomic E-state index is 11.8. The summed E-state index contributed by atoms with van der Waals surface area (Å²) >= 11 is 0. The molecule has 2 atom stereocenters. The van der Waals surface area contributed by atoms with E-state index in [0.717, 1.165) is 12.8 Å². The molecule has 0 radical (unpaired) electrons. The standard InChI is InChI=1S/C12H20O6/c13-5-7-17-11(15)9-3-1-2-4-10(9)12(16)18-8-6-14/h9-10,13-14H,1-8H2. The zero-order valence-electron chi connectivity index (χ0n) is 10.3. The van der Waals surface area contributed by atoms with Gasteiger partial charge in [0.2, 0.25) is 0 Å². The monoisotopic (exact) mass is 260 g/mol. The van der Waals surface area contributed by atoms with Crippen LogP contribution in [0.25, 0.3) is 0 Å². The van der Waals surface area contributed by atoms with Crippen molar-refractivity contribution < 1.29 is 29.3 Å². The molecule has 6 nitrogen and oxygen atoms in total. The van der Waals surface area contributed by atoms with E-state index >= 15 is 0 Å². The SMILES string of the molecule is O=C(OCCO)C1CCCCC1C(=O)OCCO. The van der Waals surface area contributed by atoms with Gasteiger partial charge in [-0.25, -0.2) is 0 Å². The van der Waals surface area contributed by atoms with Gasteiger partial charge < -0.3 is 19.7 Å². The Labute approximate surface area is 106 Å². The fourth-order valence-corrected chi connectivity index (χ4v) is 2.20. The second-order valence-electron chi connectivity index (χ2n) is 4.28. The fourth-order valence-electron chi connectivity index (χ4n) is 2.20. The molecule has 1 fully saturated rings. The normalized spacial score (nSPS) is 23.4. The summed E-state index contributed by atoms with van der Waals surface area (Å²) < 4.78 is 9.74. The Morgan fingerprint density at radius 2 is 1.28 bits per heavy atom. The van der Waals surface area contributed by atoms with Crippen LogP contribution in [0.2, 0.25) is 0 Å². The number of carbonyl (C=O) groups excluding carboxylic acids is 2. The van der Waals surface area contributed by atoms with Gasteiger partial charge in [0.1, 0.15) is 13.2 Å². The summed E-state index contributed by atoms with van der Waals surface area (Å²) in [6.45, 7) is -0.544. The average molecular weight is 260 g/mol. The molecule has 2 N–H and O–H groups in total. The molecule has 1 aliphatic carbocycles. The molecule has 0 amide bonds. The molecule has 0 heterocycles. The first-order chi connectivity index (χ1) is 8.70. The summed E-state index contributed by atoms with van der Waals surface area (Å²) in [5.41, 5.74) is 0. The van der Waals surface area contributed by atoms with Crippen LogP contribution in [0, 0.1) is 11.8 Å². The minimum atomic E-state index is -0.489. The first-order valence-corrected chi connectivity index (χ1v) is 6.25. The lowest BCUT2D eigenvalue weighted by Crippen LogP contribution is -2.35. The number of rotatable bonds is 6. The number of aliphatic hydroxyl groups is 2. The number of hydrogen-bond acceptors (Lipinski definition) is 6. The van der Waals surface area contributed by atoms with Crippen molar-refractivity contribution in [1.29, 1.82) is 0 Å². The highest BCUT2D eigenvalue weighted by molar-refractivity contribution is 5.82. The van der Waals surface area contributed by atoms with Crippen LogP contribution < -0.4 is 0 Å². The van der Waals surface area contributed by atoms with Gasteiger partial charge in [-0.1, -0.05) is 12.8 Å². The molecule has 0 aliphatic heterocycles. The van der Waals surface area contributed by atoms with Gasteiger partial charge in [-0.2, -0.15) is 0 Å². The van der Waals surface area contributed by atoms with E-state index in [0.29, 0.717) is 12.8 Å². The Hall–Kier alpha value is -1.14. The Morgan fingerprint density at radius 3 is 1.61 bits per heavy atom. The van der Waals surface area contributed by atoms with Crippen molar-refractivity contribution >= 4 is 11.9 Å². The molecule has 104 valence electrons. The van der Waals surface area contributed by atoms with Gasteiger partial charge in [-0.3, -0.25) is 9.59 Å². The summed E-state index contributed by atoms with van der Waals surface area (Å²) in [5, 5.41) is 17.2. The van der Waals surface area contributed by atoms with Crippen LogP contribution >= 0.6 is 0 Å². The van der Waals surface area contributed by atoms with Crippen LogP contribution in [0.1, 0.15) is 25.7 Å². The molecule has 0 saturated heterocycles. The van der Waals surface area contributed by atoms with Gasteiger partial charge in [-0.15, -0.1) is 0 Å². The third-order valence-corrected chi connectivity index (χ3v) is 3.04. The molecule has 0 spiro atoms. The predicted octanol–water partition coefficient (Wildman–Crippen LogP) is -0.136. The van der Waals surface area contributed by atoms with Crippen LogP contribution in [-0.4, -0.2) is 48.6 Å². The van der Waals surface area contributed by atoms with Crippen molar-refractivity contribution in [3.05, 3.63) is 0 Å². The maximum Gasteiger partial charge on any atom is 0.309 e. The summed E-state index contributed by atoms with van der Waals surface area (Å²) in [6, 6.07) is 0. The molecule has 1 rings (SSSR count). The number of esters is 2. The first kappa shape index (κ1) is 14.9. The highest BCUT2D eigenvalue weighted by Crippen LogP contribution is 2.31. The molecule has 1 saturated carbocycles. The van der Waals surface area contributed by atoms with E-state index in [1.807, 2.05) is 0 Å².